The van der Waals surface area contributed by atoms with Crippen LogP contribution in [0, 0.1) is 10.1 Å². The molecule has 0 aliphatic heterocycles. The molecule has 7 heteroatoms. The van der Waals surface area contributed by atoms with E-state index in [0.29, 0.717) is 6.54 Å². The van der Waals surface area contributed by atoms with Gasteiger partial charge in [0.1, 0.15) is 6.61 Å². The molecule has 1 rings (SSSR count). The Labute approximate surface area is 123 Å². The highest BCUT2D eigenvalue weighted by atomic mass is 16.6. The van der Waals surface area contributed by atoms with E-state index in [1.165, 1.54) is 6.07 Å². The number of carbonyl (C=O) groups excluding carboxylic acids is 1. The molecule has 0 atom stereocenters. The highest BCUT2D eigenvalue weighted by Crippen LogP contribution is 2.25. The van der Waals surface area contributed by atoms with Crippen molar-refractivity contribution in [2.24, 2.45) is 5.73 Å². The van der Waals surface area contributed by atoms with Gasteiger partial charge >= 0.3 is 5.69 Å². The molecule has 1 aromatic carbocycles. The molecule has 7 nitrogen and oxygen atoms in total. The van der Waals surface area contributed by atoms with Gasteiger partial charge in [0.15, 0.2) is 5.75 Å². The number of rotatable bonds is 10. The Hall–Kier alpha value is -2.15. The molecule has 1 amide bonds. The molecule has 2 N–H and O–H groups in total. The van der Waals surface area contributed by atoms with Gasteiger partial charge in [0, 0.05) is 12.6 Å². The minimum Gasteiger partial charge on any atom is -0.485 e. The summed E-state index contributed by atoms with van der Waals surface area (Å²) in [6, 6.07) is 6.22. The number of unbranched alkanes of at least 4 members (excludes halogenated alkanes) is 1. The quantitative estimate of drug-likeness (QED) is 0.521. The van der Waals surface area contributed by atoms with E-state index in [1.807, 2.05) is 4.90 Å². The van der Waals surface area contributed by atoms with Crippen LogP contribution < -0.4 is 10.5 Å². The van der Waals surface area contributed by atoms with Crippen LogP contribution >= 0.6 is 0 Å². The van der Waals surface area contributed by atoms with Gasteiger partial charge in [0.25, 0.3) is 0 Å². The number of primary amides is 1. The molecule has 0 aliphatic carbocycles. The molecule has 0 heterocycles. The number of carbonyl (C=O) groups is 1. The van der Waals surface area contributed by atoms with Crippen LogP contribution in [-0.2, 0) is 4.79 Å². The van der Waals surface area contributed by atoms with E-state index in [2.05, 4.69) is 6.92 Å². The largest absolute Gasteiger partial charge is 0.485 e. The average molecular weight is 295 g/mol. The first kappa shape index (κ1) is 16.9. The molecule has 0 unspecified atom stereocenters. The number of hydrogen-bond acceptors (Lipinski definition) is 5. The molecular formula is C14H21N3O4. The summed E-state index contributed by atoms with van der Waals surface area (Å²) >= 11 is 0. The van der Waals surface area contributed by atoms with Crippen LogP contribution in [-0.4, -0.2) is 42.0 Å². The van der Waals surface area contributed by atoms with Crippen molar-refractivity contribution in [3.8, 4) is 5.75 Å². The number of amides is 1. The van der Waals surface area contributed by atoms with Crippen LogP contribution in [0.3, 0.4) is 0 Å². The number of para-hydroxylation sites is 2. The first-order valence-electron chi connectivity index (χ1n) is 6.91. The van der Waals surface area contributed by atoms with Crippen LogP contribution in [0.25, 0.3) is 0 Å². The van der Waals surface area contributed by atoms with Gasteiger partial charge in [-0.15, -0.1) is 0 Å². The van der Waals surface area contributed by atoms with Gasteiger partial charge in [-0.1, -0.05) is 25.5 Å². The van der Waals surface area contributed by atoms with Crippen molar-refractivity contribution in [1.29, 1.82) is 0 Å². The Morgan fingerprint density at radius 1 is 1.38 bits per heavy atom. The second-order valence-corrected chi connectivity index (χ2v) is 4.67. The summed E-state index contributed by atoms with van der Waals surface area (Å²) in [5.41, 5.74) is 5.14. The lowest BCUT2D eigenvalue weighted by molar-refractivity contribution is -0.385. The molecule has 0 saturated carbocycles. The maximum atomic E-state index is 11.0. The molecule has 0 bridgehead atoms. The van der Waals surface area contributed by atoms with Crippen LogP contribution in [0.15, 0.2) is 24.3 Å². The van der Waals surface area contributed by atoms with Crippen molar-refractivity contribution in [2.75, 3.05) is 26.2 Å². The zero-order valence-corrected chi connectivity index (χ0v) is 12.2. The number of nitrogens with two attached hydrogens (primary N) is 1. The highest BCUT2D eigenvalue weighted by molar-refractivity contribution is 5.75. The van der Waals surface area contributed by atoms with Crippen LogP contribution in [0.2, 0.25) is 0 Å². The summed E-state index contributed by atoms with van der Waals surface area (Å²) < 4.78 is 5.46. The number of benzene rings is 1. The Morgan fingerprint density at radius 2 is 2.10 bits per heavy atom. The third-order valence-corrected chi connectivity index (χ3v) is 2.93. The lowest BCUT2D eigenvalue weighted by Gasteiger charge is -2.20. The van der Waals surface area contributed by atoms with Crippen molar-refractivity contribution < 1.29 is 14.5 Å². The fraction of sp³-hybridized carbons (Fsp3) is 0.500. The second-order valence-electron chi connectivity index (χ2n) is 4.67. The third kappa shape index (κ3) is 6.22. The van der Waals surface area contributed by atoms with Crippen molar-refractivity contribution >= 4 is 11.6 Å². The zero-order chi connectivity index (χ0) is 15.7. The first-order chi connectivity index (χ1) is 10.0. The highest BCUT2D eigenvalue weighted by Gasteiger charge is 2.14. The summed E-state index contributed by atoms with van der Waals surface area (Å²) in [6.45, 7) is 3.74. The van der Waals surface area contributed by atoms with Crippen LogP contribution in [0.1, 0.15) is 19.8 Å². The topological polar surface area (TPSA) is 98.7 Å². The maximum absolute atomic E-state index is 11.0. The van der Waals surface area contributed by atoms with E-state index in [-0.39, 0.29) is 24.6 Å². The molecule has 0 spiro atoms. The van der Waals surface area contributed by atoms with Crippen LogP contribution in [0.5, 0.6) is 5.75 Å². The maximum Gasteiger partial charge on any atom is 0.310 e. The summed E-state index contributed by atoms with van der Waals surface area (Å²) in [5.74, 6) is -0.159. The first-order valence-corrected chi connectivity index (χ1v) is 6.91. The summed E-state index contributed by atoms with van der Waals surface area (Å²) in [5, 5.41) is 10.9. The fourth-order valence-corrected chi connectivity index (χ4v) is 1.89. The predicted molar refractivity (Wildman–Crippen MR) is 79.1 cm³/mol. The van der Waals surface area contributed by atoms with Gasteiger partial charge in [0.05, 0.1) is 11.5 Å². The van der Waals surface area contributed by atoms with E-state index in [0.717, 1.165) is 19.4 Å². The summed E-state index contributed by atoms with van der Waals surface area (Å²) in [4.78, 5) is 23.3. The van der Waals surface area contributed by atoms with E-state index >= 15 is 0 Å². The van der Waals surface area contributed by atoms with Gasteiger partial charge in [0.2, 0.25) is 5.91 Å². The molecule has 0 fully saturated rings. The molecule has 0 aliphatic rings. The molecule has 0 radical (unpaired) electrons. The minimum absolute atomic E-state index is 0.0625. The average Bonchev–Trinajstić information content (AvgIpc) is 2.44. The van der Waals surface area contributed by atoms with Gasteiger partial charge in [-0.05, 0) is 19.0 Å². The van der Waals surface area contributed by atoms with Crippen molar-refractivity contribution in [2.45, 2.75) is 19.8 Å². The molecule has 0 saturated heterocycles. The number of hydrogen-bond donors (Lipinski definition) is 1. The Morgan fingerprint density at radius 3 is 2.71 bits per heavy atom. The van der Waals surface area contributed by atoms with Crippen LogP contribution in [0.4, 0.5) is 5.69 Å². The van der Waals surface area contributed by atoms with Crippen molar-refractivity contribution in [3.05, 3.63) is 34.4 Å². The second kappa shape index (κ2) is 8.91. The SMILES string of the molecule is CCCCN(CCOc1ccccc1[N+](=O)[O-])CC(N)=O. The van der Waals surface area contributed by atoms with Gasteiger partial charge in [-0.25, -0.2) is 0 Å². The number of nitrogens with zero attached hydrogens (tertiary/aromatic N) is 2. The number of ether oxygens (including phenoxy) is 1. The fourth-order valence-electron chi connectivity index (χ4n) is 1.89. The summed E-state index contributed by atoms with van der Waals surface area (Å²) in [7, 11) is 0. The Balaban J connectivity index is 2.53. The normalized spacial score (nSPS) is 10.6. The van der Waals surface area contributed by atoms with Gasteiger partial charge in [-0.3, -0.25) is 19.8 Å². The molecule has 116 valence electrons. The standard InChI is InChI=1S/C14H21N3O4/c1-2-3-8-16(11-14(15)18)9-10-21-13-7-5-4-6-12(13)17(19)20/h4-7H,2-3,8-11H2,1H3,(H2,15,18). The van der Waals surface area contributed by atoms with Gasteiger partial charge < -0.3 is 10.5 Å². The Kier molecular flexibility index (Phi) is 7.17. The van der Waals surface area contributed by atoms with Crippen molar-refractivity contribution in [1.82, 2.24) is 4.90 Å². The van der Waals surface area contributed by atoms with Gasteiger partial charge in [-0.2, -0.15) is 0 Å². The third-order valence-electron chi connectivity index (χ3n) is 2.93. The van der Waals surface area contributed by atoms with Crippen molar-refractivity contribution in [3.63, 3.8) is 0 Å². The molecule has 1 aromatic rings. The number of nitro groups is 1. The monoisotopic (exact) mass is 295 g/mol. The lowest BCUT2D eigenvalue weighted by atomic mass is 10.3. The molecule has 0 aromatic heterocycles. The lowest BCUT2D eigenvalue weighted by Crippen LogP contribution is -2.37. The molecule has 21 heavy (non-hydrogen) atoms. The van der Waals surface area contributed by atoms with E-state index < -0.39 is 10.8 Å². The number of nitro benzene ring substituents is 1. The predicted octanol–water partition coefficient (Wildman–Crippen LogP) is 1.56. The molecular weight excluding hydrogens is 274 g/mol. The van der Waals surface area contributed by atoms with E-state index in [9.17, 15) is 14.9 Å². The summed E-state index contributed by atoms with van der Waals surface area (Å²) in [6.07, 6.45) is 1.97. The van der Waals surface area contributed by atoms with E-state index in [1.54, 1.807) is 18.2 Å². The van der Waals surface area contributed by atoms with E-state index in [4.69, 9.17) is 10.5 Å². The minimum atomic E-state index is -0.479. The zero-order valence-electron chi connectivity index (χ0n) is 12.2. The smallest absolute Gasteiger partial charge is 0.310 e. The Bertz CT molecular complexity index is 479.